The highest BCUT2D eigenvalue weighted by molar-refractivity contribution is 9.13. The number of hydrogen-bond donors (Lipinski definition) is 1. The molecule has 0 aliphatic heterocycles. The third-order valence-corrected chi connectivity index (χ3v) is 6.64. The van der Waals surface area contributed by atoms with E-state index in [4.69, 9.17) is 5.73 Å². The van der Waals surface area contributed by atoms with E-state index < -0.39 is 0 Å². The third kappa shape index (κ3) is 3.17. The molecular formula is C11H11Br2NS2. The number of rotatable bonds is 4. The molecule has 2 N–H and O–H groups in total. The van der Waals surface area contributed by atoms with Gasteiger partial charge in [0.05, 0.1) is 3.79 Å². The number of halogens is 2. The van der Waals surface area contributed by atoms with Crippen LogP contribution in [0.2, 0.25) is 0 Å². The summed E-state index contributed by atoms with van der Waals surface area (Å²) in [5.41, 5.74) is 6.17. The van der Waals surface area contributed by atoms with Crippen LogP contribution in [0.5, 0.6) is 0 Å². The summed E-state index contributed by atoms with van der Waals surface area (Å²) in [4.78, 5) is 2.64. The normalized spacial score (nSPS) is 12.9. The van der Waals surface area contributed by atoms with Gasteiger partial charge in [0.25, 0.3) is 0 Å². The molecule has 0 radical (unpaired) electrons. The maximum atomic E-state index is 6.17. The molecule has 5 heteroatoms. The molecule has 0 saturated carbocycles. The van der Waals surface area contributed by atoms with Crippen LogP contribution in [0, 0.1) is 0 Å². The van der Waals surface area contributed by atoms with E-state index in [0.717, 1.165) is 21.1 Å². The molecule has 2 aromatic rings. The van der Waals surface area contributed by atoms with E-state index in [2.05, 4.69) is 55.4 Å². The third-order valence-electron chi connectivity index (χ3n) is 2.31. The molecule has 0 aliphatic carbocycles. The van der Waals surface area contributed by atoms with Crippen LogP contribution < -0.4 is 5.73 Å². The molecular weight excluding hydrogens is 370 g/mol. The molecule has 2 rings (SSSR count). The Morgan fingerprint density at radius 1 is 1.38 bits per heavy atom. The molecule has 1 unspecified atom stereocenters. The highest BCUT2D eigenvalue weighted by Gasteiger charge is 2.11. The topological polar surface area (TPSA) is 26.0 Å². The maximum absolute atomic E-state index is 6.17. The molecule has 0 aliphatic rings. The summed E-state index contributed by atoms with van der Waals surface area (Å²) in [5, 5.41) is 2.11. The minimum Gasteiger partial charge on any atom is -0.323 e. The first kappa shape index (κ1) is 12.8. The van der Waals surface area contributed by atoms with Crippen molar-refractivity contribution in [2.45, 2.75) is 18.9 Å². The fraction of sp³-hybridized carbons (Fsp3) is 0.273. The molecule has 16 heavy (non-hydrogen) atoms. The van der Waals surface area contributed by atoms with Crippen LogP contribution >= 0.6 is 54.5 Å². The first-order valence-electron chi connectivity index (χ1n) is 4.89. The summed E-state index contributed by atoms with van der Waals surface area (Å²) in [6, 6.07) is 6.49. The van der Waals surface area contributed by atoms with Crippen LogP contribution in [0.25, 0.3) is 0 Å². The Balaban J connectivity index is 1.95. The number of nitrogens with two attached hydrogens (primary N) is 1. The Hall–Kier alpha value is 0.320. The molecule has 0 spiro atoms. The highest BCUT2D eigenvalue weighted by atomic mass is 79.9. The van der Waals surface area contributed by atoms with Crippen LogP contribution in [-0.4, -0.2) is 0 Å². The Bertz CT molecular complexity index is 431. The molecule has 2 heterocycles. The lowest BCUT2D eigenvalue weighted by Crippen LogP contribution is -2.09. The number of hydrogen-bond acceptors (Lipinski definition) is 3. The summed E-state index contributed by atoms with van der Waals surface area (Å²) in [6.07, 6.45) is 2.06. The van der Waals surface area contributed by atoms with E-state index in [-0.39, 0.29) is 6.04 Å². The fourth-order valence-electron chi connectivity index (χ4n) is 1.44. The van der Waals surface area contributed by atoms with E-state index in [1.54, 1.807) is 22.7 Å². The molecule has 0 fully saturated rings. The Kier molecular flexibility index (Phi) is 4.61. The second-order valence-corrected chi connectivity index (χ2v) is 7.78. The van der Waals surface area contributed by atoms with Gasteiger partial charge in [-0.3, -0.25) is 0 Å². The standard InChI is InChI=1S/C11H11Br2NS2/c12-8-6-10(16-11(8)13)9(14)4-3-7-2-1-5-15-7/h1-2,5-6,9H,3-4,14H2. The van der Waals surface area contributed by atoms with Crippen molar-refractivity contribution in [2.75, 3.05) is 0 Å². The van der Waals surface area contributed by atoms with Crippen LogP contribution in [0.1, 0.15) is 22.2 Å². The van der Waals surface area contributed by atoms with Crippen LogP contribution in [-0.2, 0) is 6.42 Å². The summed E-state index contributed by atoms with van der Waals surface area (Å²) < 4.78 is 2.22. The van der Waals surface area contributed by atoms with E-state index in [9.17, 15) is 0 Å². The van der Waals surface area contributed by atoms with Gasteiger partial charge in [-0.2, -0.15) is 0 Å². The Labute approximate surface area is 120 Å². The zero-order valence-corrected chi connectivity index (χ0v) is 13.3. The molecule has 0 amide bonds. The Morgan fingerprint density at radius 3 is 2.75 bits per heavy atom. The fourth-order valence-corrected chi connectivity index (χ4v) is 4.29. The first-order chi connectivity index (χ1) is 7.66. The van der Waals surface area contributed by atoms with Gasteiger partial charge in [-0.1, -0.05) is 6.07 Å². The van der Waals surface area contributed by atoms with Crippen molar-refractivity contribution in [1.29, 1.82) is 0 Å². The van der Waals surface area contributed by atoms with E-state index >= 15 is 0 Å². The van der Waals surface area contributed by atoms with E-state index in [0.29, 0.717) is 0 Å². The predicted molar refractivity (Wildman–Crippen MR) is 79.3 cm³/mol. The van der Waals surface area contributed by atoms with Crippen LogP contribution in [0.3, 0.4) is 0 Å². The number of thiophene rings is 2. The smallest absolute Gasteiger partial charge is 0.0843 e. The predicted octanol–water partition coefficient (Wildman–Crippen LogP) is 4.97. The van der Waals surface area contributed by atoms with Gasteiger partial charge in [0.1, 0.15) is 0 Å². The number of aryl methyl sites for hydroxylation is 1. The first-order valence-corrected chi connectivity index (χ1v) is 8.17. The van der Waals surface area contributed by atoms with Gasteiger partial charge in [0.2, 0.25) is 0 Å². The minimum atomic E-state index is 0.134. The molecule has 1 nitrogen and oxygen atoms in total. The second kappa shape index (κ2) is 5.78. The van der Waals surface area contributed by atoms with Crippen molar-refractivity contribution in [3.63, 3.8) is 0 Å². The van der Waals surface area contributed by atoms with E-state index in [1.807, 2.05) is 0 Å². The quantitative estimate of drug-likeness (QED) is 0.796. The van der Waals surface area contributed by atoms with E-state index in [1.165, 1.54) is 9.75 Å². The molecule has 0 aromatic carbocycles. The average Bonchev–Trinajstić information content (AvgIpc) is 2.86. The van der Waals surface area contributed by atoms with Gasteiger partial charge in [0, 0.05) is 20.3 Å². The molecule has 2 aromatic heterocycles. The summed E-state index contributed by atoms with van der Waals surface area (Å²) in [7, 11) is 0. The van der Waals surface area contributed by atoms with Gasteiger partial charge in [-0.25, -0.2) is 0 Å². The Morgan fingerprint density at radius 2 is 2.19 bits per heavy atom. The molecule has 0 bridgehead atoms. The zero-order chi connectivity index (χ0) is 11.5. The SMILES string of the molecule is NC(CCc1cccs1)c1cc(Br)c(Br)s1. The van der Waals surface area contributed by atoms with Crippen molar-refractivity contribution in [2.24, 2.45) is 5.73 Å². The summed E-state index contributed by atoms with van der Waals surface area (Å²) >= 11 is 10.5. The van der Waals surface area contributed by atoms with Crippen molar-refractivity contribution in [3.05, 3.63) is 41.6 Å². The van der Waals surface area contributed by atoms with Crippen molar-refractivity contribution < 1.29 is 0 Å². The lowest BCUT2D eigenvalue weighted by atomic mass is 10.1. The lowest BCUT2D eigenvalue weighted by molar-refractivity contribution is 0.666. The average molecular weight is 381 g/mol. The van der Waals surface area contributed by atoms with Gasteiger partial charge in [0.15, 0.2) is 0 Å². The van der Waals surface area contributed by atoms with Crippen molar-refractivity contribution >= 4 is 54.5 Å². The minimum absolute atomic E-state index is 0.134. The molecule has 0 saturated heterocycles. The van der Waals surface area contributed by atoms with Gasteiger partial charge in [-0.15, -0.1) is 22.7 Å². The highest BCUT2D eigenvalue weighted by Crippen LogP contribution is 2.36. The maximum Gasteiger partial charge on any atom is 0.0843 e. The molecule has 86 valence electrons. The van der Waals surface area contributed by atoms with Crippen molar-refractivity contribution in [3.8, 4) is 0 Å². The van der Waals surface area contributed by atoms with Crippen LogP contribution in [0.4, 0.5) is 0 Å². The molecule has 1 atom stereocenters. The monoisotopic (exact) mass is 379 g/mol. The summed E-state index contributed by atoms with van der Waals surface area (Å²) in [6.45, 7) is 0. The largest absolute Gasteiger partial charge is 0.323 e. The summed E-state index contributed by atoms with van der Waals surface area (Å²) in [5.74, 6) is 0. The van der Waals surface area contributed by atoms with Crippen LogP contribution in [0.15, 0.2) is 31.8 Å². The van der Waals surface area contributed by atoms with Gasteiger partial charge in [-0.05, 0) is 62.2 Å². The second-order valence-electron chi connectivity index (χ2n) is 3.49. The van der Waals surface area contributed by atoms with Gasteiger partial charge >= 0.3 is 0 Å². The van der Waals surface area contributed by atoms with Crippen molar-refractivity contribution in [1.82, 2.24) is 0 Å². The zero-order valence-electron chi connectivity index (χ0n) is 8.45. The van der Waals surface area contributed by atoms with Gasteiger partial charge < -0.3 is 5.73 Å². The lowest BCUT2D eigenvalue weighted by Gasteiger charge is -2.07.